The second-order valence-electron chi connectivity index (χ2n) is 5.13. The van der Waals surface area contributed by atoms with E-state index in [1.807, 2.05) is 36.4 Å². The van der Waals surface area contributed by atoms with Gasteiger partial charge in [0, 0.05) is 17.2 Å². The molecular weight excluding hydrogens is 252 g/mol. The van der Waals surface area contributed by atoms with Crippen molar-refractivity contribution in [2.75, 3.05) is 7.11 Å². The SMILES string of the molecule is COc1cccc2c(OC3CCCCC3=O)cccc12. The quantitative estimate of drug-likeness (QED) is 0.852. The molecule has 1 fully saturated rings. The maximum absolute atomic E-state index is 11.9. The van der Waals surface area contributed by atoms with E-state index >= 15 is 0 Å². The number of methoxy groups -OCH3 is 1. The van der Waals surface area contributed by atoms with Crippen molar-refractivity contribution in [3.63, 3.8) is 0 Å². The summed E-state index contributed by atoms with van der Waals surface area (Å²) in [7, 11) is 1.66. The third kappa shape index (κ3) is 2.36. The normalized spacial score (nSPS) is 19.1. The van der Waals surface area contributed by atoms with Gasteiger partial charge in [-0.3, -0.25) is 4.79 Å². The highest BCUT2D eigenvalue weighted by molar-refractivity contribution is 5.93. The van der Waals surface area contributed by atoms with Crippen LogP contribution in [0.5, 0.6) is 11.5 Å². The molecule has 0 amide bonds. The molecule has 0 bridgehead atoms. The third-order valence-corrected chi connectivity index (χ3v) is 3.83. The van der Waals surface area contributed by atoms with Crippen LogP contribution in [-0.4, -0.2) is 19.0 Å². The number of ether oxygens (including phenoxy) is 2. The van der Waals surface area contributed by atoms with Gasteiger partial charge in [0.25, 0.3) is 0 Å². The molecule has 20 heavy (non-hydrogen) atoms. The van der Waals surface area contributed by atoms with E-state index in [4.69, 9.17) is 9.47 Å². The van der Waals surface area contributed by atoms with E-state index in [9.17, 15) is 4.79 Å². The molecule has 0 N–H and O–H groups in total. The van der Waals surface area contributed by atoms with Crippen LogP contribution in [0, 0.1) is 0 Å². The molecule has 1 unspecified atom stereocenters. The second-order valence-corrected chi connectivity index (χ2v) is 5.13. The summed E-state index contributed by atoms with van der Waals surface area (Å²) in [6.45, 7) is 0. The van der Waals surface area contributed by atoms with E-state index in [1.165, 1.54) is 0 Å². The average Bonchev–Trinajstić information content (AvgIpc) is 2.49. The third-order valence-electron chi connectivity index (χ3n) is 3.83. The van der Waals surface area contributed by atoms with E-state index < -0.39 is 0 Å². The zero-order valence-electron chi connectivity index (χ0n) is 11.6. The first kappa shape index (κ1) is 13.0. The predicted octanol–water partition coefficient (Wildman–Crippen LogP) is 3.74. The number of hydrogen-bond acceptors (Lipinski definition) is 3. The summed E-state index contributed by atoms with van der Waals surface area (Å²) in [5, 5.41) is 2.00. The van der Waals surface area contributed by atoms with Crippen LogP contribution in [0.2, 0.25) is 0 Å². The Morgan fingerprint density at radius 2 is 1.70 bits per heavy atom. The van der Waals surface area contributed by atoms with Crippen LogP contribution in [0.4, 0.5) is 0 Å². The van der Waals surface area contributed by atoms with Gasteiger partial charge in [-0.1, -0.05) is 24.3 Å². The Labute approximate surface area is 118 Å². The molecule has 1 aliphatic rings. The molecule has 1 saturated carbocycles. The fourth-order valence-electron chi connectivity index (χ4n) is 2.76. The van der Waals surface area contributed by atoms with Crippen LogP contribution >= 0.6 is 0 Å². The van der Waals surface area contributed by atoms with E-state index in [2.05, 4.69) is 0 Å². The molecule has 0 radical (unpaired) electrons. The number of carbonyl (C=O) groups is 1. The average molecular weight is 270 g/mol. The molecular formula is C17H18O3. The first-order chi connectivity index (χ1) is 9.79. The summed E-state index contributed by atoms with van der Waals surface area (Å²) in [6, 6.07) is 11.7. The Kier molecular flexibility index (Phi) is 3.59. The van der Waals surface area contributed by atoms with Gasteiger partial charge >= 0.3 is 0 Å². The van der Waals surface area contributed by atoms with E-state index in [-0.39, 0.29) is 11.9 Å². The highest BCUT2D eigenvalue weighted by Crippen LogP contribution is 2.33. The van der Waals surface area contributed by atoms with Crippen LogP contribution in [0.25, 0.3) is 10.8 Å². The number of hydrogen-bond donors (Lipinski definition) is 0. The van der Waals surface area contributed by atoms with Gasteiger partial charge in [0.1, 0.15) is 11.5 Å². The highest BCUT2D eigenvalue weighted by atomic mass is 16.5. The molecule has 3 nitrogen and oxygen atoms in total. The minimum atomic E-state index is -0.291. The van der Waals surface area contributed by atoms with Crippen LogP contribution in [0.3, 0.4) is 0 Å². The van der Waals surface area contributed by atoms with Gasteiger partial charge in [-0.2, -0.15) is 0 Å². The summed E-state index contributed by atoms with van der Waals surface area (Å²) >= 11 is 0. The summed E-state index contributed by atoms with van der Waals surface area (Å²) in [6.07, 6.45) is 3.21. The van der Waals surface area contributed by atoms with Crippen molar-refractivity contribution < 1.29 is 14.3 Å². The predicted molar refractivity (Wildman–Crippen MR) is 78.4 cm³/mol. The number of benzene rings is 2. The van der Waals surface area contributed by atoms with Gasteiger partial charge < -0.3 is 9.47 Å². The molecule has 1 aliphatic carbocycles. The van der Waals surface area contributed by atoms with Gasteiger partial charge in [-0.15, -0.1) is 0 Å². The lowest BCUT2D eigenvalue weighted by Crippen LogP contribution is -2.30. The lowest BCUT2D eigenvalue weighted by molar-refractivity contribution is -0.127. The van der Waals surface area contributed by atoms with Gasteiger partial charge in [-0.05, 0) is 31.4 Å². The molecule has 3 rings (SSSR count). The minimum absolute atomic E-state index is 0.219. The Bertz CT molecular complexity index is 633. The molecule has 0 aromatic heterocycles. The first-order valence-corrected chi connectivity index (χ1v) is 7.04. The zero-order valence-corrected chi connectivity index (χ0v) is 11.6. The molecule has 0 aliphatic heterocycles. The summed E-state index contributed by atoms with van der Waals surface area (Å²) in [5.41, 5.74) is 0. The van der Waals surface area contributed by atoms with Crippen molar-refractivity contribution in [1.82, 2.24) is 0 Å². The van der Waals surface area contributed by atoms with Crippen molar-refractivity contribution in [3.8, 4) is 11.5 Å². The lowest BCUT2D eigenvalue weighted by atomic mass is 9.96. The van der Waals surface area contributed by atoms with Crippen LogP contribution in [0.1, 0.15) is 25.7 Å². The van der Waals surface area contributed by atoms with Crippen LogP contribution in [-0.2, 0) is 4.79 Å². The van der Waals surface area contributed by atoms with Gasteiger partial charge in [0.05, 0.1) is 7.11 Å². The van der Waals surface area contributed by atoms with Crippen LogP contribution < -0.4 is 9.47 Å². The molecule has 2 aromatic carbocycles. The smallest absolute Gasteiger partial charge is 0.173 e. The topological polar surface area (TPSA) is 35.5 Å². The monoisotopic (exact) mass is 270 g/mol. The second kappa shape index (κ2) is 5.53. The van der Waals surface area contributed by atoms with Crippen molar-refractivity contribution in [2.24, 2.45) is 0 Å². The highest BCUT2D eigenvalue weighted by Gasteiger charge is 2.24. The Morgan fingerprint density at radius 3 is 2.40 bits per heavy atom. The molecule has 104 valence electrons. The van der Waals surface area contributed by atoms with Gasteiger partial charge in [0.2, 0.25) is 0 Å². The van der Waals surface area contributed by atoms with Crippen molar-refractivity contribution in [3.05, 3.63) is 36.4 Å². The number of fused-ring (bicyclic) bond motifs is 1. The van der Waals surface area contributed by atoms with Crippen molar-refractivity contribution in [2.45, 2.75) is 31.8 Å². The lowest BCUT2D eigenvalue weighted by Gasteiger charge is -2.22. The molecule has 0 heterocycles. The van der Waals surface area contributed by atoms with Crippen LogP contribution in [0.15, 0.2) is 36.4 Å². The number of ketones is 1. The number of rotatable bonds is 3. The Morgan fingerprint density at radius 1 is 1.00 bits per heavy atom. The fourth-order valence-corrected chi connectivity index (χ4v) is 2.76. The maximum atomic E-state index is 11.9. The van der Waals surface area contributed by atoms with E-state index in [0.29, 0.717) is 6.42 Å². The summed E-state index contributed by atoms with van der Waals surface area (Å²) in [4.78, 5) is 11.9. The fraction of sp³-hybridized carbons (Fsp3) is 0.353. The van der Waals surface area contributed by atoms with E-state index in [0.717, 1.165) is 41.5 Å². The summed E-state index contributed by atoms with van der Waals surface area (Å²) < 4.78 is 11.3. The van der Waals surface area contributed by atoms with Gasteiger partial charge in [-0.25, -0.2) is 0 Å². The number of Topliss-reactive ketones (excluding diaryl/α,β-unsaturated/α-hetero) is 1. The Balaban J connectivity index is 1.97. The molecule has 0 saturated heterocycles. The minimum Gasteiger partial charge on any atom is -0.496 e. The molecule has 3 heteroatoms. The van der Waals surface area contributed by atoms with Crippen molar-refractivity contribution >= 4 is 16.6 Å². The first-order valence-electron chi connectivity index (χ1n) is 7.04. The van der Waals surface area contributed by atoms with Crippen molar-refractivity contribution in [1.29, 1.82) is 0 Å². The largest absolute Gasteiger partial charge is 0.496 e. The standard InChI is InChI=1S/C17H18O3/c1-19-15-10-4-7-13-12(15)6-5-11-16(13)20-17-9-3-2-8-14(17)18/h4-7,10-11,17H,2-3,8-9H2,1H3. The molecule has 1 atom stereocenters. The molecule has 2 aromatic rings. The van der Waals surface area contributed by atoms with E-state index in [1.54, 1.807) is 7.11 Å². The zero-order chi connectivity index (χ0) is 13.9. The maximum Gasteiger partial charge on any atom is 0.173 e. The summed E-state index contributed by atoms with van der Waals surface area (Å²) in [5.74, 6) is 1.81. The number of carbonyl (C=O) groups excluding carboxylic acids is 1. The van der Waals surface area contributed by atoms with Gasteiger partial charge in [0.15, 0.2) is 11.9 Å². The molecule has 0 spiro atoms. The Hall–Kier alpha value is -2.03.